The molecule has 23 heavy (non-hydrogen) atoms. The van der Waals surface area contributed by atoms with Gasteiger partial charge >= 0.3 is 0 Å². The van der Waals surface area contributed by atoms with Crippen molar-refractivity contribution in [3.8, 4) is 0 Å². The zero-order chi connectivity index (χ0) is 16.4. The number of hydrogen-bond donors (Lipinski definition) is 3. The average Bonchev–Trinajstić information content (AvgIpc) is 2.93. The fourth-order valence-corrected chi connectivity index (χ4v) is 3.11. The lowest BCUT2D eigenvalue weighted by Crippen LogP contribution is -2.45. The van der Waals surface area contributed by atoms with Crippen LogP contribution in [0.25, 0.3) is 0 Å². The first-order chi connectivity index (χ1) is 11.0. The number of fused-ring (bicyclic) bond motifs is 1. The van der Waals surface area contributed by atoms with E-state index >= 15 is 0 Å². The third kappa shape index (κ3) is 3.45. The summed E-state index contributed by atoms with van der Waals surface area (Å²) in [5.41, 5.74) is 4.76. The van der Waals surface area contributed by atoms with Crippen molar-refractivity contribution in [3.05, 3.63) is 52.3 Å². The summed E-state index contributed by atoms with van der Waals surface area (Å²) in [5.74, 6) is -0.107. The number of aromatic amines is 1. The number of aryl methyl sites for hydroxylation is 1. The standard InChI is InChI=1S/C18H24N4O/c1-12-6-4-5-7-13(12)10-18(2,3)20-17(23)16-14-11-19-9-8-15(14)21-22-16/h4-7,19H,8-11H2,1-3H3,(H,20,23)(H,21,22). The van der Waals surface area contributed by atoms with Crippen LogP contribution in [0.5, 0.6) is 0 Å². The van der Waals surface area contributed by atoms with Crippen LogP contribution in [-0.4, -0.2) is 28.2 Å². The molecular formula is C18H24N4O. The summed E-state index contributed by atoms with van der Waals surface area (Å²) in [6, 6.07) is 8.29. The maximum atomic E-state index is 12.6. The summed E-state index contributed by atoms with van der Waals surface area (Å²) in [5, 5.41) is 13.7. The zero-order valence-electron chi connectivity index (χ0n) is 14.0. The van der Waals surface area contributed by atoms with Gasteiger partial charge < -0.3 is 10.6 Å². The van der Waals surface area contributed by atoms with E-state index in [4.69, 9.17) is 0 Å². The molecule has 5 nitrogen and oxygen atoms in total. The fraction of sp³-hybridized carbons (Fsp3) is 0.444. The molecule has 122 valence electrons. The first kappa shape index (κ1) is 15.7. The van der Waals surface area contributed by atoms with E-state index in [-0.39, 0.29) is 11.4 Å². The number of carbonyl (C=O) groups excluding carboxylic acids is 1. The van der Waals surface area contributed by atoms with Gasteiger partial charge in [0.05, 0.1) is 0 Å². The molecule has 3 N–H and O–H groups in total. The molecule has 2 aromatic rings. The molecule has 0 spiro atoms. The number of rotatable bonds is 4. The third-order valence-corrected chi connectivity index (χ3v) is 4.37. The number of H-pyrrole nitrogens is 1. The molecule has 1 aliphatic heterocycles. The van der Waals surface area contributed by atoms with Crippen LogP contribution in [0.1, 0.15) is 46.7 Å². The molecule has 1 aromatic heterocycles. The molecule has 1 aliphatic rings. The van der Waals surface area contributed by atoms with E-state index in [9.17, 15) is 4.79 Å². The van der Waals surface area contributed by atoms with Crippen LogP contribution in [-0.2, 0) is 19.4 Å². The molecule has 0 aliphatic carbocycles. The predicted molar refractivity (Wildman–Crippen MR) is 90.4 cm³/mol. The lowest BCUT2D eigenvalue weighted by atomic mass is 9.92. The first-order valence-electron chi connectivity index (χ1n) is 8.10. The van der Waals surface area contributed by atoms with Crippen molar-refractivity contribution in [1.82, 2.24) is 20.8 Å². The molecule has 0 bridgehead atoms. The second-order valence-corrected chi connectivity index (χ2v) is 6.90. The molecule has 0 fully saturated rings. The van der Waals surface area contributed by atoms with Gasteiger partial charge in [0.15, 0.2) is 5.69 Å². The van der Waals surface area contributed by atoms with Crippen LogP contribution in [0.15, 0.2) is 24.3 Å². The number of hydrogen-bond acceptors (Lipinski definition) is 3. The van der Waals surface area contributed by atoms with E-state index in [1.807, 2.05) is 12.1 Å². The average molecular weight is 312 g/mol. The SMILES string of the molecule is Cc1ccccc1CC(C)(C)NC(=O)c1n[nH]c2c1CNCC2. The second-order valence-electron chi connectivity index (χ2n) is 6.90. The highest BCUT2D eigenvalue weighted by Crippen LogP contribution is 2.19. The van der Waals surface area contributed by atoms with Crippen molar-refractivity contribution in [2.24, 2.45) is 0 Å². The molecule has 3 rings (SSSR count). The minimum Gasteiger partial charge on any atom is -0.345 e. The topological polar surface area (TPSA) is 69.8 Å². The number of aromatic nitrogens is 2. The monoisotopic (exact) mass is 312 g/mol. The molecule has 0 atom stereocenters. The predicted octanol–water partition coefficient (Wildman–Crippen LogP) is 2.11. The number of carbonyl (C=O) groups is 1. The number of nitrogens with one attached hydrogen (secondary N) is 3. The minimum atomic E-state index is -0.336. The maximum absolute atomic E-state index is 12.6. The molecule has 1 amide bonds. The van der Waals surface area contributed by atoms with Gasteiger partial charge in [-0.05, 0) is 38.3 Å². The molecule has 0 radical (unpaired) electrons. The van der Waals surface area contributed by atoms with E-state index < -0.39 is 0 Å². The third-order valence-electron chi connectivity index (χ3n) is 4.37. The quantitative estimate of drug-likeness (QED) is 0.810. The highest BCUT2D eigenvalue weighted by atomic mass is 16.2. The Kier molecular flexibility index (Phi) is 4.22. The Bertz CT molecular complexity index is 718. The van der Waals surface area contributed by atoms with Crippen LogP contribution < -0.4 is 10.6 Å². The summed E-state index contributed by atoms with van der Waals surface area (Å²) in [6.45, 7) is 7.83. The normalized spacial score (nSPS) is 14.4. The Balaban J connectivity index is 1.74. The number of amides is 1. The van der Waals surface area contributed by atoms with E-state index in [0.717, 1.165) is 30.6 Å². The van der Waals surface area contributed by atoms with Gasteiger partial charge in [-0.2, -0.15) is 5.10 Å². The Labute approximate surface area is 136 Å². The largest absolute Gasteiger partial charge is 0.345 e. The van der Waals surface area contributed by atoms with Crippen LogP contribution in [0, 0.1) is 6.92 Å². The van der Waals surface area contributed by atoms with E-state index in [1.165, 1.54) is 11.1 Å². The van der Waals surface area contributed by atoms with Crippen molar-refractivity contribution in [2.45, 2.75) is 45.7 Å². The summed E-state index contributed by atoms with van der Waals surface area (Å²) in [6.07, 6.45) is 1.68. The van der Waals surface area contributed by atoms with Gasteiger partial charge in [0.2, 0.25) is 0 Å². The highest BCUT2D eigenvalue weighted by Gasteiger charge is 2.27. The second kappa shape index (κ2) is 6.16. The summed E-state index contributed by atoms with van der Waals surface area (Å²) >= 11 is 0. The van der Waals surface area contributed by atoms with Crippen LogP contribution in [0.2, 0.25) is 0 Å². The maximum Gasteiger partial charge on any atom is 0.272 e. The van der Waals surface area contributed by atoms with Crippen LogP contribution in [0.3, 0.4) is 0 Å². The summed E-state index contributed by atoms with van der Waals surface area (Å²) < 4.78 is 0. The Morgan fingerprint density at radius 3 is 2.91 bits per heavy atom. The molecular weight excluding hydrogens is 288 g/mol. The zero-order valence-corrected chi connectivity index (χ0v) is 14.0. The first-order valence-corrected chi connectivity index (χ1v) is 8.10. The Hall–Kier alpha value is -2.14. The van der Waals surface area contributed by atoms with Gasteiger partial charge in [-0.15, -0.1) is 0 Å². The lowest BCUT2D eigenvalue weighted by molar-refractivity contribution is 0.0906. The van der Waals surface area contributed by atoms with Gasteiger partial charge in [0.1, 0.15) is 0 Å². The lowest BCUT2D eigenvalue weighted by Gasteiger charge is -2.27. The van der Waals surface area contributed by atoms with Gasteiger partial charge in [-0.3, -0.25) is 9.89 Å². The fourth-order valence-electron chi connectivity index (χ4n) is 3.11. The van der Waals surface area contributed by atoms with E-state index in [2.05, 4.69) is 53.7 Å². The van der Waals surface area contributed by atoms with Gasteiger partial charge in [0.25, 0.3) is 5.91 Å². The molecule has 0 saturated heterocycles. The van der Waals surface area contributed by atoms with Crippen molar-refractivity contribution >= 4 is 5.91 Å². The minimum absolute atomic E-state index is 0.107. The van der Waals surface area contributed by atoms with E-state index in [0.29, 0.717) is 12.2 Å². The van der Waals surface area contributed by atoms with E-state index in [1.54, 1.807) is 0 Å². The molecule has 5 heteroatoms. The smallest absolute Gasteiger partial charge is 0.272 e. The Morgan fingerprint density at radius 2 is 2.13 bits per heavy atom. The van der Waals surface area contributed by atoms with Crippen molar-refractivity contribution in [2.75, 3.05) is 6.54 Å². The number of benzene rings is 1. The highest BCUT2D eigenvalue weighted by molar-refractivity contribution is 5.94. The molecule has 0 unspecified atom stereocenters. The van der Waals surface area contributed by atoms with Gasteiger partial charge in [0, 0.05) is 36.3 Å². The Morgan fingerprint density at radius 1 is 1.35 bits per heavy atom. The molecule has 0 saturated carbocycles. The van der Waals surface area contributed by atoms with Crippen molar-refractivity contribution in [3.63, 3.8) is 0 Å². The van der Waals surface area contributed by atoms with Gasteiger partial charge in [-0.1, -0.05) is 24.3 Å². The number of nitrogens with zero attached hydrogens (tertiary/aromatic N) is 1. The molecule has 2 heterocycles. The van der Waals surface area contributed by atoms with Gasteiger partial charge in [-0.25, -0.2) is 0 Å². The molecule has 1 aromatic carbocycles. The van der Waals surface area contributed by atoms with Crippen molar-refractivity contribution in [1.29, 1.82) is 0 Å². The van der Waals surface area contributed by atoms with Crippen molar-refractivity contribution < 1.29 is 4.79 Å². The summed E-state index contributed by atoms with van der Waals surface area (Å²) in [4.78, 5) is 12.6. The summed E-state index contributed by atoms with van der Waals surface area (Å²) in [7, 11) is 0. The van der Waals surface area contributed by atoms with Crippen LogP contribution >= 0.6 is 0 Å². The van der Waals surface area contributed by atoms with Crippen LogP contribution in [0.4, 0.5) is 0 Å².